The zero-order chi connectivity index (χ0) is 18.6. The molecule has 0 bridgehead atoms. The van der Waals surface area contributed by atoms with Gasteiger partial charge in [-0.15, -0.1) is 0 Å². The molecule has 1 fully saturated rings. The molecule has 2 aromatic rings. The zero-order valence-corrected chi connectivity index (χ0v) is 16.6. The molecule has 0 radical (unpaired) electrons. The van der Waals surface area contributed by atoms with Gasteiger partial charge >= 0.3 is 0 Å². The fourth-order valence-electron chi connectivity index (χ4n) is 3.61. The third-order valence-electron chi connectivity index (χ3n) is 5.32. The van der Waals surface area contributed by atoms with E-state index >= 15 is 0 Å². The van der Waals surface area contributed by atoms with Gasteiger partial charge in [-0.05, 0) is 61.6 Å². The highest BCUT2D eigenvalue weighted by Crippen LogP contribution is 2.39. The van der Waals surface area contributed by atoms with Gasteiger partial charge in [0.2, 0.25) is 0 Å². The number of ether oxygens (including phenoxy) is 1. The third-order valence-corrected chi connectivity index (χ3v) is 5.85. The van der Waals surface area contributed by atoms with E-state index in [0.29, 0.717) is 13.2 Å². The van der Waals surface area contributed by atoms with Crippen LogP contribution in [0.5, 0.6) is 0 Å². The molecular formula is C21H25BrFNO2. The predicted octanol–water partition coefficient (Wildman–Crippen LogP) is 5.00. The van der Waals surface area contributed by atoms with Crippen LogP contribution in [0.25, 0.3) is 0 Å². The molecule has 0 aliphatic carbocycles. The quantitative estimate of drug-likeness (QED) is 0.712. The largest absolute Gasteiger partial charge is 0.396 e. The Morgan fingerprint density at radius 1 is 1.19 bits per heavy atom. The van der Waals surface area contributed by atoms with E-state index in [2.05, 4.69) is 52.0 Å². The molecule has 1 N–H and O–H groups in total. The van der Waals surface area contributed by atoms with Crippen LogP contribution in [0.1, 0.15) is 43.4 Å². The maximum absolute atomic E-state index is 13.3. The maximum Gasteiger partial charge on any atom is 0.123 e. The SMILES string of the molecule is CC(c1ccc(Br)cc1)N1CCC(CCCO)(c2ccc(F)cc2)OC1. The summed E-state index contributed by atoms with van der Waals surface area (Å²) in [5, 5.41) is 9.28. The Hall–Kier alpha value is -1.27. The molecule has 1 heterocycles. The molecule has 140 valence electrons. The molecule has 1 aliphatic heterocycles. The fraction of sp³-hybridized carbons (Fsp3) is 0.429. The van der Waals surface area contributed by atoms with Gasteiger partial charge in [0, 0.05) is 23.7 Å². The smallest absolute Gasteiger partial charge is 0.123 e. The van der Waals surface area contributed by atoms with E-state index in [1.54, 1.807) is 12.1 Å². The van der Waals surface area contributed by atoms with E-state index in [1.165, 1.54) is 17.7 Å². The fourth-order valence-corrected chi connectivity index (χ4v) is 3.88. The van der Waals surface area contributed by atoms with Crippen LogP contribution in [-0.4, -0.2) is 29.9 Å². The van der Waals surface area contributed by atoms with E-state index in [0.717, 1.165) is 29.4 Å². The van der Waals surface area contributed by atoms with Crippen molar-refractivity contribution in [2.24, 2.45) is 0 Å². The van der Waals surface area contributed by atoms with Crippen LogP contribution in [0.3, 0.4) is 0 Å². The van der Waals surface area contributed by atoms with Gasteiger partial charge < -0.3 is 9.84 Å². The second-order valence-corrected chi connectivity index (χ2v) is 7.81. The lowest BCUT2D eigenvalue weighted by Crippen LogP contribution is -2.45. The van der Waals surface area contributed by atoms with Crippen molar-refractivity contribution in [1.82, 2.24) is 4.90 Å². The summed E-state index contributed by atoms with van der Waals surface area (Å²) in [6.07, 6.45) is 2.22. The predicted molar refractivity (Wildman–Crippen MR) is 104 cm³/mol. The van der Waals surface area contributed by atoms with Crippen molar-refractivity contribution in [3.63, 3.8) is 0 Å². The van der Waals surface area contributed by atoms with Gasteiger partial charge in [-0.1, -0.05) is 40.2 Å². The summed E-state index contributed by atoms with van der Waals surface area (Å²) in [4.78, 5) is 2.31. The number of nitrogens with zero attached hydrogens (tertiary/aromatic N) is 1. The second kappa shape index (κ2) is 8.61. The third kappa shape index (κ3) is 4.34. The lowest BCUT2D eigenvalue weighted by molar-refractivity contribution is -0.159. The van der Waals surface area contributed by atoms with Crippen LogP contribution in [0.4, 0.5) is 4.39 Å². The lowest BCUT2D eigenvalue weighted by Gasteiger charge is -2.44. The Kier molecular flexibility index (Phi) is 6.46. The molecule has 26 heavy (non-hydrogen) atoms. The van der Waals surface area contributed by atoms with Crippen molar-refractivity contribution in [2.45, 2.75) is 37.8 Å². The molecule has 3 nitrogen and oxygen atoms in total. The summed E-state index contributed by atoms with van der Waals surface area (Å²) in [5.41, 5.74) is 1.79. The molecule has 0 aromatic heterocycles. The van der Waals surface area contributed by atoms with Gasteiger partial charge in [-0.2, -0.15) is 0 Å². The summed E-state index contributed by atoms with van der Waals surface area (Å²) in [6.45, 7) is 3.72. The molecule has 2 unspecified atom stereocenters. The molecule has 2 atom stereocenters. The van der Waals surface area contributed by atoms with Crippen LogP contribution in [0.15, 0.2) is 53.0 Å². The van der Waals surface area contributed by atoms with Crippen molar-refractivity contribution in [2.75, 3.05) is 19.9 Å². The molecule has 1 aliphatic rings. The van der Waals surface area contributed by atoms with Crippen molar-refractivity contribution in [3.05, 3.63) is 69.9 Å². The first kappa shape index (κ1) is 19.5. The van der Waals surface area contributed by atoms with Gasteiger partial charge in [0.1, 0.15) is 12.5 Å². The average molecular weight is 422 g/mol. The minimum Gasteiger partial charge on any atom is -0.396 e. The molecule has 5 heteroatoms. The summed E-state index contributed by atoms with van der Waals surface area (Å²) in [6, 6.07) is 15.2. The van der Waals surface area contributed by atoms with Crippen molar-refractivity contribution in [1.29, 1.82) is 0 Å². The van der Waals surface area contributed by atoms with Gasteiger partial charge in [-0.25, -0.2) is 4.39 Å². The first-order chi connectivity index (χ1) is 12.5. The van der Waals surface area contributed by atoms with E-state index in [1.807, 2.05) is 0 Å². The van der Waals surface area contributed by atoms with Crippen LogP contribution < -0.4 is 0 Å². The normalized spacial score (nSPS) is 22.3. The summed E-state index contributed by atoms with van der Waals surface area (Å²) in [7, 11) is 0. The molecule has 0 spiro atoms. The maximum atomic E-state index is 13.3. The number of halogens is 2. The Bertz CT molecular complexity index is 697. The van der Waals surface area contributed by atoms with E-state index in [4.69, 9.17) is 4.74 Å². The van der Waals surface area contributed by atoms with Crippen molar-refractivity contribution >= 4 is 15.9 Å². The number of hydrogen-bond acceptors (Lipinski definition) is 3. The Balaban J connectivity index is 1.73. The van der Waals surface area contributed by atoms with Crippen LogP contribution in [0, 0.1) is 5.82 Å². The minimum absolute atomic E-state index is 0.130. The number of hydrogen-bond donors (Lipinski definition) is 1. The molecule has 1 saturated heterocycles. The Morgan fingerprint density at radius 3 is 2.46 bits per heavy atom. The minimum atomic E-state index is -0.452. The highest BCUT2D eigenvalue weighted by Gasteiger charge is 2.38. The van der Waals surface area contributed by atoms with Crippen molar-refractivity contribution < 1.29 is 14.2 Å². The molecule has 2 aromatic carbocycles. The Morgan fingerprint density at radius 2 is 1.88 bits per heavy atom. The number of rotatable bonds is 6. The molecule has 3 rings (SSSR count). The average Bonchev–Trinajstić information content (AvgIpc) is 2.67. The molecular weight excluding hydrogens is 397 g/mol. The lowest BCUT2D eigenvalue weighted by atomic mass is 9.84. The highest BCUT2D eigenvalue weighted by atomic mass is 79.9. The second-order valence-electron chi connectivity index (χ2n) is 6.89. The van der Waals surface area contributed by atoms with Crippen LogP contribution in [-0.2, 0) is 10.3 Å². The van der Waals surface area contributed by atoms with Gasteiger partial charge in [0.05, 0.1) is 5.60 Å². The van der Waals surface area contributed by atoms with E-state index in [9.17, 15) is 9.50 Å². The topological polar surface area (TPSA) is 32.7 Å². The zero-order valence-electron chi connectivity index (χ0n) is 15.0. The number of aliphatic hydroxyl groups is 1. The summed E-state index contributed by atoms with van der Waals surface area (Å²) < 4.78 is 20.7. The van der Waals surface area contributed by atoms with Gasteiger partial charge in [-0.3, -0.25) is 4.90 Å². The number of aliphatic hydroxyl groups excluding tert-OH is 1. The Labute approximate surface area is 162 Å². The monoisotopic (exact) mass is 421 g/mol. The van der Waals surface area contributed by atoms with Crippen LogP contribution in [0.2, 0.25) is 0 Å². The summed E-state index contributed by atoms with van der Waals surface area (Å²) in [5.74, 6) is -0.243. The van der Waals surface area contributed by atoms with Crippen LogP contribution >= 0.6 is 15.9 Å². The highest BCUT2D eigenvalue weighted by molar-refractivity contribution is 9.10. The van der Waals surface area contributed by atoms with E-state index in [-0.39, 0.29) is 18.5 Å². The van der Waals surface area contributed by atoms with E-state index < -0.39 is 5.60 Å². The van der Waals surface area contributed by atoms with Crippen molar-refractivity contribution in [3.8, 4) is 0 Å². The first-order valence-electron chi connectivity index (χ1n) is 9.04. The standard InChI is InChI=1S/C21H25BrFNO2/c1-16(17-3-7-19(22)8-4-17)24-13-12-21(26-15-24,11-2-14-25)18-5-9-20(23)10-6-18/h3-10,16,25H,2,11-15H2,1H3. The van der Waals surface area contributed by atoms with Gasteiger partial charge in [0.25, 0.3) is 0 Å². The van der Waals surface area contributed by atoms with Gasteiger partial charge in [0.15, 0.2) is 0 Å². The molecule has 0 saturated carbocycles. The first-order valence-corrected chi connectivity index (χ1v) is 9.84. The molecule has 0 amide bonds. The summed E-state index contributed by atoms with van der Waals surface area (Å²) >= 11 is 3.48. The number of benzene rings is 2.